The minimum absolute atomic E-state index is 0.0276. The van der Waals surface area contributed by atoms with Crippen LogP contribution >= 0.6 is 27.5 Å². The molecule has 0 bridgehead atoms. The summed E-state index contributed by atoms with van der Waals surface area (Å²) in [5, 5.41) is 3.60. The van der Waals surface area contributed by atoms with Gasteiger partial charge in [-0.2, -0.15) is 0 Å². The summed E-state index contributed by atoms with van der Waals surface area (Å²) in [6, 6.07) is 6.20. The first-order valence-electron chi connectivity index (χ1n) is 6.93. The summed E-state index contributed by atoms with van der Waals surface area (Å²) in [4.78, 5) is 14.7. The molecule has 1 aromatic rings. The maximum atomic E-state index is 12.4. The highest BCUT2D eigenvalue weighted by Gasteiger charge is 2.34. The second kappa shape index (κ2) is 6.46. The number of halogens is 2. The fraction of sp³-hybridized carbons (Fsp3) is 0.533. The number of benzene rings is 1. The lowest BCUT2D eigenvalue weighted by atomic mass is 10.2. The van der Waals surface area contributed by atoms with Gasteiger partial charge in [0, 0.05) is 22.2 Å². The third-order valence-corrected chi connectivity index (χ3v) is 5.25. The average Bonchev–Trinajstić information content (AvgIpc) is 2.72. The highest BCUT2D eigenvalue weighted by Crippen LogP contribution is 2.28. The zero-order valence-electron chi connectivity index (χ0n) is 12.0. The standard InChI is InChI=1S/C15H20BrClN2O/c1-9-4-5-10(2)19(9)11(3)15(20)18-12-6-7-14(17)13(16)8-12/h6-11H,4-5H2,1-3H3,(H,18,20). The van der Waals surface area contributed by atoms with E-state index in [0.717, 1.165) is 23.0 Å². The Morgan fingerprint density at radius 1 is 1.40 bits per heavy atom. The quantitative estimate of drug-likeness (QED) is 0.872. The molecule has 3 unspecified atom stereocenters. The summed E-state index contributed by atoms with van der Waals surface area (Å²) in [5.41, 5.74) is 0.762. The van der Waals surface area contributed by atoms with Crippen LogP contribution in [0.25, 0.3) is 0 Å². The average molecular weight is 360 g/mol. The van der Waals surface area contributed by atoms with Gasteiger partial charge in [-0.25, -0.2) is 0 Å². The van der Waals surface area contributed by atoms with Gasteiger partial charge >= 0.3 is 0 Å². The molecule has 1 amide bonds. The molecule has 0 aliphatic carbocycles. The number of anilines is 1. The van der Waals surface area contributed by atoms with E-state index >= 15 is 0 Å². The second-order valence-electron chi connectivity index (χ2n) is 5.52. The van der Waals surface area contributed by atoms with Crippen molar-refractivity contribution in [2.45, 2.75) is 51.7 Å². The summed E-state index contributed by atoms with van der Waals surface area (Å²) in [6.07, 6.45) is 2.32. The minimum atomic E-state index is -0.128. The Morgan fingerprint density at radius 3 is 2.55 bits per heavy atom. The third kappa shape index (κ3) is 3.35. The maximum Gasteiger partial charge on any atom is 0.241 e. The van der Waals surface area contributed by atoms with Gasteiger partial charge in [0.1, 0.15) is 0 Å². The van der Waals surface area contributed by atoms with E-state index in [9.17, 15) is 4.79 Å². The van der Waals surface area contributed by atoms with Crippen molar-refractivity contribution >= 4 is 39.1 Å². The fourth-order valence-corrected chi connectivity index (χ4v) is 3.43. The van der Waals surface area contributed by atoms with Crippen LogP contribution in [0.2, 0.25) is 5.02 Å². The van der Waals surface area contributed by atoms with Crippen molar-refractivity contribution < 1.29 is 4.79 Å². The third-order valence-electron chi connectivity index (χ3n) is 4.03. The van der Waals surface area contributed by atoms with Gasteiger partial charge in [0.05, 0.1) is 11.1 Å². The molecule has 20 heavy (non-hydrogen) atoms. The van der Waals surface area contributed by atoms with Crippen molar-refractivity contribution in [3.63, 3.8) is 0 Å². The van der Waals surface area contributed by atoms with E-state index < -0.39 is 0 Å². The van der Waals surface area contributed by atoms with Crippen LogP contribution in [0.3, 0.4) is 0 Å². The number of rotatable bonds is 3. The molecule has 5 heteroatoms. The second-order valence-corrected chi connectivity index (χ2v) is 6.78. The summed E-state index contributed by atoms with van der Waals surface area (Å²) in [6.45, 7) is 6.34. The largest absolute Gasteiger partial charge is 0.325 e. The van der Waals surface area contributed by atoms with Gasteiger partial charge in [-0.05, 0) is 67.7 Å². The SMILES string of the molecule is CC1CCC(C)N1C(C)C(=O)Nc1ccc(Cl)c(Br)c1. The van der Waals surface area contributed by atoms with Gasteiger partial charge in [-0.3, -0.25) is 9.69 Å². The van der Waals surface area contributed by atoms with Crippen LogP contribution in [0.15, 0.2) is 22.7 Å². The lowest BCUT2D eigenvalue weighted by molar-refractivity contribution is -0.121. The van der Waals surface area contributed by atoms with Crippen molar-refractivity contribution in [3.05, 3.63) is 27.7 Å². The molecule has 110 valence electrons. The van der Waals surface area contributed by atoms with Crippen molar-refractivity contribution in [2.24, 2.45) is 0 Å². The molecule has 3 atom stereocenters. The van der Waals surface area contributed by atoms with Crippen LogP contribution in [0.1, 0.15) is 33.6 Å². The molecule has 0 radical (unpaired) electrons. The molecule has 1 aliphatic rings. The van der Waals surface area contributed by atoms with E-state index in [0.29, 0.717) is 17.1 Å². The molecular formula is C15H20BrClN2O. The normalized spacial score (nSPS) is 24.6. The van der Waals surface area contributed by atoms with E-state index in [1.165, 1.54) is 0 Å². The fourth-order valence-electron chi connectivity index (χ4n) is 2.93. The first kappa shape index (κ1) is 15.8. The molecule has 1 fully saturated rings. The molecule has 0 aromatic heterocycles. The summed E-state index contributed by atoms with van der Waals surface area (Å²) >= 11 is 9.32. The zero-order chi connectivity index (χ0) is 14.9. The Balaban J connectivity index is 2.05. The van der Waals surface area contributed by atoms with Crippen LogP contribution in [0, 0.1) is 0 Å². The topological polar surface area (TPSA) is 32.3 Å². The molecular weight excluding hydrogens is 340 g/mol. The van der Waals surface area contributed by atoms with E-state index in [1.54, 1.807) is 6.07 Å². The molecule has 3 nitrogen and oxygen atoms in total. The molecule has 1 aliphatic heterocycles. The summed E-state index contributed by atoms with van der Waals surface area (Å²) < 4.78 is 0.785. The van der Waals surface area contributed by atoms with Gasteiger partial charge < -0.3 is 5.32 Å². The Bertz CT molecular complexity index is 499. The smallest absolute Gasteiger partial charge is 0.241 e. The van der Waals surface area contributed by atoms with Crippen LogP contribution in [-0.4, -0.2) is 28.9 Å². The predicted octanol–water partition coefficient (Wildman–Crippen LogP) is 4.30. The molecule has 1 N–H and O–H groups in total. The highest BCUT2D eigenvalue weighted by molar-refractivity contribution is 9.10. The van der Waals surface area contributed by atoms with Crippen molar-refractivity contribution in [3.8, 4) is 0 Å². The lowest BCUT2D eigenvalue weighted by Crippen LogP contribution is -2.46. The number of hydrogen-bond acceptors (Lipinski definition) is 2. The number of nitrogens with zero attached hydrogens (tertiary/aromatic N) is 1. The minimum Gasteiger partial charge on any atom is -0.325 e. The molecule has 1 heterocycles. The number of amides is 1. The molecule has 0 spiro atoms. The Hall–Kier alpha value is -0.580. The first-order valence-corrected chi connectivity index (χ1v) is 8.10. The van der Waals surface area contributed by atoms with Gasteiger partial charge in [0.25, 0.3) is 0 Å². The molecule has 1 aromatic carbocycles. The summed E-state index contributed by atoms with van der Waals surface area (Å²) in [7, 11) is 0. The monoisotopic (exact) mass is 358 g/mol. The van der Waals surface area contributed by atoms with Gasteiger partial charge in [0.2, 0.25) is 5.91 Å². The Morgan fingerprint density at radius 2 is 2.00 bits per heavy atom. The van der Waals surface area contributed by atoms with Gasteiger partial charge in [-0.1, -0.05) is 11.6 Å². The van der Waals surface area contributed by atoms with Crippen molar-refractivity contribution in [2.75, 3.05) is 5.32 Å². The van der Waals surface area contributed by atoms with E-state index in [2.05, 4.69) is 40.0 Å². The number of nitrogens with one attached hydrogen (secondary N) is 1. The number of likely N-dealkylation sites (tertiary alicyclic amines) is 1. The van der Waals surface area contributed by atoms with Gasteiger partial charge in [-0.15, -0.1) is 0 Å². The lowest BCUT2D eigenvalue weighted by Gasteiger charge is -2.31. The summed E-state index contributed by atoms with van der Waals surface area (Å²) in [5.74, 6) is 0.0276. The van der Waals surface area contributed by atoms with Crippen LogP contribution in [0.4, 0.5) is 5.69 Å². The van der Waals surface area contributed by atoms with E-state index in [1.807, 2.05) is 19.1 Å². The van der Waals surface area contributed by atoms with Crippen molar-refractivity contribution in [1.29, 1.82) is 0 Å². The number of carbonyl (C=O) groups excluding carboxylic acids is 1. The van der Waals surface area contributed by atoms with E-state index in [-0.39, 0.29) is 11.9 Å². The van der Waals surface area contributed by atoms with Crippen LogP contribution < -0.4 is 5.32 Å². The van der Waals surface area contributed by atoms with Crippen molar-refractivity contribution in [1.82, 2.24) is 4.90 Å². The number of carbonyl (C=O) groups is 1. The number of hydrogen-bond donors (Lipinski definition) is 1. The maximum absolute atomic E-state index is 12.4. The first-order chi connectivity index (χ1) is 9.40. The molecule has 0 saturated carbocycles. The molecule has 1 saturated heterocycles. The zero-order valence-corrected chi connectivity index (χ0v) is 14.3. The van der Waals surface area contributed by atoms with Gasteiger partial charge in [0.15, 0.2) is 0 Å². The van der Waals surface area contributed by atoms with Crippen LogP contribution in [0.5, 0.6) is 0 Å². The Labute approximate surface area is 133 Å². The highest BCUT2D eigenvalue weighted by atomic mass is 79.9. The Kier molecular flexibility index (Phi) is 5.10. The van der Waals surface area contributed by atoms with E-state index in [4.69, 9.17) is 11.6 Å². The predicted molar refractivity (Wildman–Crippen MR) is 87.2 cm³/mol. The van der Waals surface area contributed by atoms with Crippen LogP contribution in [-0.2, 0) is 4.79 Å². The molecule has 2 rings (SSSR count).